The van der Waals surface area contributed by atoms with Crippen LogP contribution in [0.5, 0.6) is 0 Å². The Morgan fingerprint density at radius 2 is 1.36 bits per heavy atom. The summed E-state index contributed by atoms with van der Waals surface area (Å²) in [7, 11) is 0. The second-order valence-corrected chi connectivity index (χ2v) is 4.38. The van der Waals surface area contributed by atoms with Crippen LogP contribution in [0.1, 0.15) is 66.2 Å². The summed E-state index contributed by atoms with van der Waals surface area (Å²) in [5.74, 6) is 0. The van der Waals surface area contributed by atoms with Crippen LogP contribution in [0.3, 0.4) is 0 Å². The van der Waals surface area contributed by atoms with Crippen LogP contribution in [0.2, 0.25) is 0 Å². The van der Waals surface area contributed by atoms with E-state index in [0.29, 0.717) is 0 Å². The van der Waals surface area contributed by atoms with Gasteiger partial charge in [-0.25, -0.2) is 0 Å². The summed E-state index contributed by atoms with van der Waals surface area (Å²) in [5.41, 5.74) is 0. The van der Waals surface area contributed by atoms with Gasteiger partial charge in [0.2, 0.25) is 0 Å². The first-order valence-corrected chi connectivity index (χ1v) is 6.50. The molecule has 0 aromatic rings. The average Bonchev–Trinajstić information content (AvgIpc) is 2.18. The molecule has 0 rings (SSSR count). The maximum absolute atomic E-state index is 2.68. The molecule has 0 aromatic heterocycles. The fourth-order valence-electron chi connectivity index (χ4n) is 1.88. The SMILES string of the molecule is CCCCN(CCCC)C(C)CCC. The molecule has 0 bridgehead atoms. The predicted octanol–water partition coefficient (Wildman–Crippen LogP) is 4.08. The van der Waals surface area contributed by atoms with Crippen LogP contribution < -0.4 is 0 Å². The Kier molecular flexibility index (Phi) is 9.49. The van der Waals surface area contributed by atoms with Gasteiger partial charge in [-0.15, -0.1) is 0 Å². The smallest absolute Gasteiger partial charge is 0.00668 e. The largest absolute Gasteiger partial charge is 0.301 e. The highest BCUT2D eigenvalue weighted by Gasteiger charge is 2.11. The maximum Gasteiger partial charge on any atom is 0.00668 e. The van der Waals surface area contributed by atoms with Gasteiger partial charge in [-0.2, -0.15) is 0 Å². The molecule has 0 N–H and O–H groups in total. The molecule has 0 aliphatic rings. The van der Waals surface area contributed by atoms with Crippen molar-refractivity contribution in [2.24, 2.45) is 0 Å². The summed E-state index contributed by atoms with van der Waals surface area (Å²) < 4.78 is 0. The quantitative estimate of drug-likeness (QED) is 0.541. The lowest BCUT2D eigenvalue weighted by atomic mass is 10.1. The van der Waals surface area contributed by atoms with Crippen LogP contribution in [0, 0.1) is 0 Å². The molecule has 0 heterocycles. The predicted molar refractivity (Wildman–Crippen MR) is 65.8 cm³/mol. The molecule has 1 atom stereocenters. The normalized spacial score (nSPS) is 13.5. The Bertz CT molecular complexity index is 104. The fraction of sp³-hybridized carbons (Fsp3) is 1.00. The third-order valence-electron chi connectivity index (χ3n) is 2.93. The second-order valence-electron chi connectivity index (χ2n) is 4.38. The molecule has 0 amide bonds. The molecule has 86 valence electrons. The number of rotatable bonds is 9. The van der Waals surface area contributed by atoms with Crippen LogP contribution in [-0.2, 0) is 0 Å². The molecule has 1 unspecified atom stereocenters. The van der Waals surface area contributed by atoms with E-state index in [9.17, 15) is 0 Å². The van der Waals surface area contributed by atoms with Gasteiger partial charge in [-0.05, 0) is 39.3 Å². The number of nitrogens with zero attached hydrogens (tertiary/aromatic N) is 1. The van der Waals surface area contributed by atoms with Gasteiger partial charge in [0.1, 0.15) is 0 Å². The molecule has 0 saturated carbocycles. The first kappa shape index (κ1) is 14.0. The highest BCUT2D eigenvalue weighted by molar-refractivity contribution is 4.66. The summed E-state index contributed by atoms with van der Waals surface area (Å²) in [4.78, 5) is 2.68. The topological polar surface area (TPSA) is 3.24 Å². The minimum Gasteiger partial charge on any atom is -0.301 e. The van der Waals surface area contributed by atoms with E-state index >= 15 is 0 Å². The Labute approximate surface area is 90.9 Å². The van der Waals surface area contributed by atoms with Gasteiger partial charge in [0, 0.05) is 6.04 Å². The van der Waals surface area contributed by atoms with E-state index in [1.165, 1.54) is 51.6 Å². The van der Waals surface area contributed by atoms with Crippen molar-refractivity contribution in [2.75, 3.05) is 13.1 Å². The Hall–Kier alpha value is -0.0400. The fourth-order valence-corrected chi connectivity index (χ4v) is 1.88. The molecule has 0 spiro atoms. The van der Waals surface area contributed by atoms with Crippen molar-refractivity contribution in [1.82, 2.24) is 4.90 Å². The monoisotopic (exact) mass is 199 g/mol. The van der Waals surface area contributed by atoms with E-state index in [1.54, 1.807) is 0 Å². The lowest BCUT2D eigenvalue weighted by Crippen LogP contribution is -2.34. The maximum atomic E-state index is 2.68. The van der Waals surface area contributed by atoms with Crippen molar-refractivity contribution in [3.05, 3.63) is 0 Å². The van der Waals surface area contributed by atoms with Crippen LogP contribution >= 0.6 is 0 Å². The van der Waals surface area contributed by atoms with Gasteiger partial charge < -0.3 is 4.90 Å². The molecule has 1 heteroatoms. The van der Waals surface area contributed by atoms with E-state index in [2.05, 4.69) is 32.6 Å². The van der Waals surface area contributed by atoms with Crippen LogP contribution in [-0.4, -0.2) is 24.0 Å². The lowest BCUT2D eigenvalue weighted by molar-refractivity contribution is 0.193. The Morgan fingerprint density at radius 1 is 0.857 bits per heavy atom. The summed E-state index contributed by atoms with van der Waals surface area (Å²) in [6, 6.07) is 0.790. The highest BCUT2D eigenvalue weighted by atomic mass is 15.1. The van der Waals surface area contributed by atoms with E-state index < -0.39 is 0 Å². The van der Waals surface area contributed by atoms with Gasteiger partial charge in [0.25, 0.3) is 0 Å². The molecule has 14 heavy (non-hydrogen) atoms. The van der Waals surface area contributed by atoms with Crippen molar-refractivity contribution in [2.45, 2.75) is 72.3 Å². The van der Waals surface area contributed by atoms with E-state index in [1.807, 2.05) is 0 Å². The molecule has 0 aromatic carbocycles. The first-order chi connectivity index (χ1) is 6.76. The minimum absolute atomic E-state index is 0.790. The van der Waals surface area contributed by atoms with E-state index in [-0.39, 0.29) is 0 Å². The Morgan fingerprint density at radius 3 is 1.71 bits per heavy atom. The van der Waals surface area contributed by atoms with Crippen molar-refractivity contribution in [1.29, 1.82) is 0 Å². The molecule has 0 radical (unpaired) electrons. The second kappa shape index (κ2) is 9.51. The summed E-state index contributed by atoms with van der Waals surface area (Å²) in [5, 5.41) is 0. The summed E-state index contributed by atoms with van der Waals surface area (Å²) in [6.07, 6.45) is 8.03. The molecule has 0 aliphatic heterocycles. The van der Waals surface area contributed by atoms with E-state index in [0.717, 1.165) is 6.04 Å². The zero-order valence-corrected chi connectivity index (χ0v) is 10.7. The third kappa shape index (κ3) is 6.42. The third-order valence-corrected chi connectivity index (χ3v) is 2.93. The van der Waals surface area contributed by atoms with Crippen molar-refractivity contribution < 1.29 is 0 Å². The first-order valence-electron chi connectivity index (χ1n) is 6.50. The van der Waals surface area contributed by atoms with Gasteiger partial charge in [-0.1, -0.05) is 40.0 Å². The average molecular weight is 199 g/mol. The highest BCUT2D eigenvalue weighted by Crippen LogP contribution is 2.09. The number of hydrogen-bond acceptors (Lipinski definition) is 1. The Balaban J connectivity index is 3.81. The van der Waals surface area contributed by atoms with Crippen LogP contribution in [0.4, 0.5) is 0 Å². The van der Waals surface area contributed by atoms with Crippen LogP contribution in [0.15, 0.2) is 0 Å². The molecule has 0 saturated heterocycles. The van der Waals surface area contributed by atoms with Crippen LogP contribution in [0.25, 0.3) is 0 Å². The lowest BCUT2D eigenvalue weighted by Gasteiger charge is -2.28. The van der Waals surface area contributed by atoms with Gasteiger partial charge in [0.05, 0.1) is 0 Å². The zero-order chi connectivity index (χ0) is 10.8. The summed E-state index contributed by atoms with van der Waals surface area (Å²) >= 11 is 0. The zero-order valence-electron chi connectivity index (χ0n) is 10.7. The minimum atomic E-state index is 0.790. The molecule has 0 aliphatic carbocycles. The number of unbranched alkanes of at least 4 members (excludes halogenated alkanes) is 2. The molecular formula is C13H29N. The number of hydrogen-bond donors (Lipinski definition) is 0. The van der Waals surface area contributed by atoms with E-state index in [4.69, 9.17) is 0 Å². The van der Waals surface area contributed by atoms with Crippen molar-refractivity contribution in [3.63, 3.8) is 0 Å². The van der Waals surface area contributed by atoms with Crippen molar-refractivity contribution >= 4 is 0 Å². The molecule has 1 nitrogen and oxygen atoms in total. The molecular weight excluding hydrogens is 170 g/mol. The standard InChI is InChI=1S/C13H29N/c1-5-8-11-14(12-9-6-2)13(4)10-7-3/h13H,5-12H2,1-4H3. The molecule has 0 fully saturated rings. The van der Waals surface area contributed by atoms with Gasteiger partial charge in [0.15, 0.2) is 0 Å². The van der Waals surface area contributed by atoms with Gasteiger partial charge in [-0.3, -0.25) is 0 Å². The summed E-state index contributed by atoms with van der Waals surface area (Å²) in [6.45, 7) is 11.8. The van der Waals surface area contributed by atoms with Crippen molar-refractivity contribution in [3.8, 4) is 0 Å². The van der Waals surface area contributed by atoms with Gasteiger partial charge >= 0.3 is 0 Å².